The molecule has 0 spiro atoms. The second kappa shape index (κ2) is 7.53. The summed E-state index contributed by atoms with van der Waals surface area (Å²) >= 11 is 3.22. The monoisotopic (exact) mass is 343 g/mol. The van der Waals surface area contributed by atoms with E-state index in [1.165, 1.54) is 0 Å². The summed E-state index contributed by atoms with van der Waals surface area (Å²) < 4.78 is 5.55. The molecule has 1 N–H and O–H groups in total. The molecule has 0 aliphatic rings. The van der Waals surface area contributed by atoms with E-state index in [2.05, 4.69) is 16.8 Å². The maximum atomic E-state index is 12.5. The number of carbonyl (C=O) groups is 1. The van der Waals surface area contributed by atoms with E-state index in [-0.39, 0.29) is 11.8 Å². The van der Waals surface area contributed by atoms with E-state index >= 15 is 0 Å². The summed E-state index contributed by atoms with van der Waals surface area (Å²) in [5.41, 5.74) is 1.87. The van der Waals surface area contributed by atoms with E-state index in [0.717, 1.165) is 16.2 Å². The standard InChI is InChI=1S/C18H17NO2S2/c1-22-17-7-3-2-5-14(17)18(20)19-11-15(13-8-10-23-12-13)16-6-4-9-21-16/h2-10,12,15H,11H2,1H3,(H,19,20). The van der Waals surface area contributed by atoms with Crippen LogP contribution in [0.25, 0.3) is 0 Å². The molecule has 3 nitrogen and oxygen atoms in total. The zero-order chi connectivity index (χ0) is 16.1. The Labute approximate surface area is 143 Å². The van der Waals surface area contributed by atoms with Gasteiger partial charge >= 0.3 is 0 Å². The van der Waals surface area contributed by atoms with Gasteiger partial charge in [-0.05, 0) is 52.9 Å². The third kappa shape index (κ3) is 3.68. The Kier molecular flexibility index (Phi) is 5.20. The molecule has 1 unspecified atom stereocenters. The molecule has 0 aliphatic heterocycles. The number of hydrogen-bond donors (Lipinski definition) is 1. The number of nitrogens with one attached hydrogen (secondary N) is 1. The first-order valence-corrected chi connectivity index (χ1v) is 9.43. The third-order valence-corrected chi connectivity index (χ3v) is 5.15. The van der Waals surface area contributed by atoms with Crippen molar-refractivity contribution in [3.63, 3.8) is 0 Å². The average molecular weight is 343 g/mol. The van der Waals surface area contributed by atoms with Crippen LogP contribution in [0.4, 0.5) is 0 Å². The number of furan rings is 1. The topological polar surface area (TPSA) is 42.2 Å². The van der Waals surface area contributed by atoms with Gasteiger partial charge in [0.2, 0.25) is 0 Å². The lowest BCUT2D eigenvalue weighted by atomic mass is 9.99. The summed E-state index contributed by atoms with van der Waals surface area (Å²) in [4.78, 5) is 13.5. The summed E-state index contributed by atoms with van der Waals surface area (Å²) in [6.45, 7) is 0.506. The van der Waals surface area contributed by atoms with Gasteiger partial charge < -0.3 is 9.73 Å². The van der Waals surface area contributed by atoms with Crippen molar-refractivity contribution in [1.29, 1.82) is 0 Å². The molecular formula is C18H17NO2S2. The average Bonchev–Trinajstić information content (AvgIpc) is 3.29. The van der Waals surface area contributed by atoms with Crippen LogP contribution >= 0.6 is 23.1 Å². The Hall–Kier alpha value is -1.98. The largest absolute Gasteiger partial charge is 0.469 e. The first-order valence-electron chi connectivity index (χ1n) is 7.26. The summed E-state index contributed by atoms with van der Waals surface area (Å²) in [7, 11) is 0. The first kappa shape index (κ1) is 15.9. The number of thioether (sulfide) groups is 1. The van der Waals surface area contributed by atoms with Crippen LogP contribution in [-0.2, 0) is 0 Å². The Morgan fingerprint density at radius 3 is 2.83 bits per heavy atom. The van der Waals surface area contributed by atoms with E-state index in [1.807, 2.05) is 48.0 Å². The summed E-state index contributed by atoms with van der Waals surface area (Å²) in [5.74, 6) is 0.838. The quantitative estimate of drug-likeness (QED) is 0.664. The van der Waals surface area contributed by atoms with Crippen molar-refractivity contribution in [2.24, 2.45) is 0 Å². The van der Waals surface area contributed by atoms with Crippen molar-refractivity contribution in [2.45, 2.75) is 10.8 Å². The minimum atomic E-state index is -0.0539. The molecule has 0 saturated heterocycles. The minimum Gasteiger partial charge on any atom is -0.469 e. The van der Waals surface area contributed by atoms with Crippen LogP contribution in [0.3, 0.4) is 0 Å². The molecule has 0 aliphatic carbocycles. The highest BCUT2D eigenvalue weighted by molar-refractivity contribution is 7.98. The summed E-state index contributed by atoms with van der Waals surface area (Å²) in [6, 6.07) is 13.5. The molecule has 23 heavy (non-hydrogen) atoms. The van der Waals surface area contributed by atoms with Crippen LogP contribution in [0, 0.1) is 0 Å². The smallest absolute Gasteiger partial charge is 0.252 e. The zero-order valence-corrected chi connectivity index (χ0v) is 14.3. The van der Waals surface area contributed by atoms with Crippen LogP contribution in [0.1, 0.15) is 27.6 Å². The van der Waals surface area contributed by atoms with Crippen molar-refractivity contribution >= 4 is 29.0 Å². The molecule has 1 atom stereocenters. The second-order valence-electron chi connectivity index (χ2n) is 5.03. The fourth-order valence-corrected chi connectivity index (χ4v) is 3.78. The number of amides is 1. The highest BCUT2D eigenvalue weighted by Crippen LogP contribution is 2.26. The maximum Gasteiger partial charge on any atom is 0.252 e. The Morgan fingerprint density at radius 1 is 1.26 bits per heavy atom. The van der Waals surface area contributed by atoms with E-state index < -0.39 is 0 Å². The number of thiophene rings is 1. The van der Waals surface area contributed by atoms with Crippen LogP contribution < -0.4 is 5.32 Å². The first-order chi connectivity index (χ1) is 11.3. The van der Waals surface area contributed by atoms with Gasteiger partial charge in [-0.1, -0.05) is 12.1 Å². The second-order valence-corrected chi connectivity index (χ2v) is 6.66. The number of carbonyl (C=O) groups excluding carboxylic acids is 1. The fraction of sp³-hybridized carbons (Fsp3) is 0.167. The summed E-state index contributed by atoms with van der Waals surface area (Å²) in [5, 5.41) is 7.17. The van der Waals surface area contributed by atoms with Crippen molar-refractivity contribution in [3.05, 3.63) is 76.4 Å². The van der Waals surface area contributed by atoms with Gasteiger partial charge in [0.1, 0.15) is 5.76 Å². The molecule has 3 aromatic rings. The molecular weight excluding hydrogens is 326 g/mol. The van der Waals surface area contributed by atoms with Gasteiger partial charge in [-0.3, -0.25) is 4.79 Å². The van der Waals surface area contributed by atoms with Crippen LogP contribution in [0.15, 0.2) is 68.8 Å². The highest BCUT2D eigenvalue weighted by Gasteiger charge is 2.19. The molecule has 0 bridgehead atoms. The molecule has 2 aromatic heterocycles. The number of hydrogen-bond acceptors (Lipinski definition) is 4. The van der Waals surface area contributed by atoms with E-state index in [9.17, 15) is 4.79 Å². The lowest BCUT2D eigenvalue weighted by Crippen LogP contribution is -2.29. The molecule has 3 rings (SSSR count). The molecule has 118 valence electrons. The van der Waals surface area contributed by atoms with Crippen molar-refractivity contribution in [2.75, 3.05) is 12.8 Å². The molecule has 0 radical (unpaired) electrons. The number of benzene rings is 1. The highest BCUT2D eigenvalue weighted by atomic mass is 32.2. The molecule has 2 heterocycles. The maximum absolute atomic E-state index is 12.5. The van der Waals surface area contributed by atoms with E-state index in [1.54, 1.807) is 29.4 Å². The number of rotatable bonds is 6. The van der Waals surface area contributed by atoms with Crippen LogP contribution in [-0.4, -0.2) is 18.7 Å². The fourth-order valence-electron chi connectivity index (χ4n) is 2.47. The molecule has 0 fully saturated rings. The van der Waals surface area contributed by atoms with Gasteiger partial charge in [0, 0.05) is 11.4 Å². The van der Waals surface area contributed by atoms with Gasteiger partial charge in [-0.25, -0.2) is 0 Å². The SMILES string of the molecule is CSc1ccccc1C(=O)NCC(c1ccsc1)c1ccco1. The predicted molar refractivity (Wildman–Crippen MR) is 95.4 cm³/mol. The molecule has 5 heteroatoms. The Balaban J connectivity index is 1.76. The van der Waals surface area contributed by atoms with Gasteiger partial charge in [-0.2, -0.15) is 11.3 Å². The normalized spacial score (nSPS) is 12.0. The van der Waals surface area contributed by atoms with Crippen LogP contribution in [0.5, 0.6) is 0 Å². The van der Waals surface area contributed by atoms with Crippen LogP contribution in [0.2, 0.25) is 0 Å². The lowest BCUT2D eigenvalue weighted by molar-refractivity contribution is 0.0949. The van der Waals surface area contributed by atoms with Crippen molar-refractivity contribution < 1.29 is 9.21 Å². The lowest BCUT2D eigenvalue weighted by Gasteiger charge is -2.15. The molecule has 1 amide bonds. The summed E-state index contributed by atoms with van der Waals surface area (Å²) in [6.07, 6.45) is 3.64. The van der Waals surface area contributed by atoms with Crippen molar-refractivity contribution in [1.82, 2.24) is 5.32 Å². The third-order valence-electron chi connectivity index (χ3n) is 3.65. The van der Waals surface area contributed by atoms with Gasteiger partial charge in [0.15, 0.2) is 0 Å². The van der Waals surface area contributed by atoms with E-state index in [4.69, 9.17) is 4.42 Å². The Morgan fingerprint density at radius 2 is 2.13 bits per heavy atom. The van der Waals surface area contributed by atoms with E-state index in [0.29, 0.717) is 12.1 Å². The van der Waals surface area contributed by atoms with Gasteiger partial charge in [-0.15, -0.1) is 11.8 Å². The zero-order valence-electron chi connectivity index (χ0n) is 12.7. The Bertz CT molecular complexity index is 717. The molecule has 1 aromatic carbocycles. The minimum absolute atomic E-state index is 0.0293. The predicted octanol–water partition coefficient (Wildman–Crippen LogP) is 4.62. The van der Waals surface area contributed by atoms with Gasteiger partial charge in [0.25, 0.3) is 5.91 Å². The van der Waals surface area contributed by atoms with Gasteiger partial charge in [0.05, 0.1) is 17.7 Å². The molecule has 0 saturated carbocycles. The van der Waals surface area contributed by atoms with Crippen molar-refractivity contribution in [3.8, 4) is 0 Å².